The molecule has 5 heteroatoms. The van der Waals surface area contributed by atoms with Gasteiger partial charge in [-0.25, -0.2) is 0 Å². The number of ether oxygens (including phenoxy) is 1. The van der Waals surface area contributed by atoms with Crippen LogP contribution >= 0.6 is 0 Å². The van der Waals surface area contributed by atoms with Crippen LogP contribution in [-0.2, 0) is 13.5 Å². The number of hydrogen-bond donors (Lipinski definition) is 2. The molecule has 3 N–H and O–H groups in total. The average molecular weight is 261 g/mol. The van der Waals surface area contributed by atoms with Crippen molar-refractivity contribution in [1.29, 1.82) is 0 Å². The maximum Gasteiger partial charge on any atom is 0.142 e. The zero-order chi connectivity index (χ0) is 14.0. The number of nitrogens with zero attached hydrogens (tertiary/aromatic N) is 2. The zero-order valence-electron chi connectivity index (χ0n) is 11.4. The van der Waals surface area contributed by atoms with E-state index in [0.29, 0.717) is 23.4 Å². The van der Waals surface area contributed by atoms with Crippen molar-refractivity contribution in [2.45, 2.75) is 19.4 Å². The fourth-order valence-corrected chi connectivity index (χ4v) is 2.19. The largest absolute Gasteiger partial charge is 0.495 e. The van der Waals surface area contributed by atoms with Gasteiger partial charge in [-0.05, 0) is 19.1 Å². The molecule has 1 heterocycles. The first-order valence-electron chi connectivity index (χ1n) is 6.13. The van der Waals surface area contributed by atoms with Crippen LogP contribution in [0.3, 0.4) is 0 Å². The third kappa shape index (κ3) is 2.71. The van der Waals surface area contributed by atoms with Crippen LogP contribution in [-0.4, -0.2) is 22.0 Å². The molecule has 0 aliphatic rings. The molecule has 1 atom stereocenters. The Kier molecular flexibility index (Phi) is 3.76. The van der Waals surface area contributed by atoms with E-state index in [0.717, 1.165) is 11.4 Å². The lowest BCUT2D eigenvalue weighted by atomic mass is 10.0. The van der Waals surface area contributed by atoms with E-state index in [9.17, 15) is 5.11 Å². The molecule has 0 saturated heterocycles. The molecule has 0 amide bonds. The molecule has 2 rings (SSSR count). The van der Waals surface area contributed by atoms with Crippen LogP contribution in [0.2, 0.25) is 0 Å². The van der Waals surface area contributed by atoms with Crippen LogP contribution in [0.25, 0.3) is 0 Å². The van der Waals surface area contributed by atoms with E-state index in [1.807, 2.05) is 32.2 Å². The summed E-state index contributed by atoms with van der Waals surface area (Å²) in [7, 11) is 3.43. The van der Waals surface area contributed by atoms with Gasteiger partial charge in [-0.2, -0.15) is 5.10 Å². The highest BCUT2D eigenvalue weighted by molar-refractivity contribution is 5.59. The van der Waals surface area contributed by atoms with Gasteiger partial charge in [0, 0.05) is 24.7 Å². The number of aromatic nitrogens is 2. The van der Waals surface area contributed by atoms with E-state index in [-0.39, 0.29) is 0 Å². The van der Waals surface area contributed by atoms with Gasteiger partial charge in [0.1, 0.15) is 5.75 Å². The van der Waals surface area contributed by atoms with Crippen LogP contribution in [0.4, 0.5) is 5.69 Å². The summed E-state index contributed by atoms with van der Waals surface area (Å²) in [4.78, 5) is 0. The second-order valence-electron chi connectivity index (χ2n) is 4.58. The molecule has 1 aromatic heterocycles. The summed E-state index contributed by atoms with van der Waals surface area (Å²) in [5.74, 6) is 0.581. The van der Waals surface area contributed by atoms with Crippen molar-refractivity contribution in [3.8, 4) is 5.75 Å². The van der Waals surface area contributed by atoms with Crippen LogP contribution in [0.5, 0.6) is 5.75 Å². The van der Waals surface area contributed by atoms with E-state index in [1.165, 1.54) is 0 Å². The molecule has 0 spiro atoms. The van der Waals surface area contributed by atoms with Gasteiger partial charge in [-0.1, -0.05) is 12.1 Å². The normalized spacial score (nSPS) is 12.4. The van der Waals surface area contributed by atoms with Crippen molar-refractivity contribution in [2.24, 2.45) is 7.05 Å². The molecule has 19 heavy (non-hydrogen) atoms. The topological polar surface area (TPSA) is 73.3 Å². The highest BCUT2D eigenvalue weighted by Gasteiger charge is 2.16. The number of aliphatic hydroxyl groups is 1. The number of rotatable bonds is 4. The van der Waals surface area contributed by atoms with Crippen LogP contribution in [0, 0.1) is 6.92 Å². The van der Waals surface area contributed by atoms with Crippen molar-refractivity contribution in [3.05, 3.63) is 41.2 Å². The van der Waals surface area contributed by atoms with Gasteiger partial charge in [0.15, 0.2) is 0 Å². The Balaban J connectivity index is 2.25. The lowest BCUT2D eigenvalue weighted by Crippen LogP contribution is -2.09. The number of para-hydroxylation sites is 1. The fourth-order valence-electron chi connectivity index (χ4n) is 2.19. The van der Waals surface area contributed by atoms with E-state index >= 15 is 0 Å². The highest BCUT2D eigenvalue weighted by Crippen LogP contribution is 2.30. The van der Waals surface area contributed by atoms with Crippen LogP contribution in [0.15, 0.2) is 24.3 Å². The Hall–Kier alpha value is -2.01. The predicted molar refractivity (Wildman–Crippen MR) is 74.0 cm³/mol. The Morgan fingerprint density at radius 1 is 1.47 bits per heavy atom. The van der Waals surface area contributed by atoms with E-state index in [4.69, 9.17) is 10.5 Å². The van der Waals surface area contributed by atoms with E-state index in [2.05, 4.69) is 5.10 Å². The van der Waals surface area contributed by atoms with Crippen molar-refractivity contribution in [1.82, 2.24) is 9.78 Å². The lowest BCUT2D eigenvalue weighted by molar-refractivity contribution is 0.176. The highest BCUT2D eigenvalue weighted by atomic mass is 16.5. The first-order chi connectivity index (χ1) is 9.02. The number of nitrogen functional groups attached to an aromatic ring is 1. The molecule has 102 valence electrons. The first kappa shape index (κ1) is 13.4. The molecule has 1 unspecified atom stereocenters. The summed E-state index contributed by atoms with van der Waals surface area (Å²) in [5.41, 5.74) is 9.04. The molecular formula is C14H19N3O2. The fraction of sp³-hybridized carbons (Fsp3) is 0.357. The molecule has 0 saturated carbocycles. The molecular weight excluding hydrogens is 242 g/mol. The Morgan fingerprint density at radius 2 is 2.21 bits per heavy atom. The number of aryl methyl sites for hydroxylation is 2. The number of benzene rings is 1. The van der Waals surface area contributed by atoms with E-state index < -0.39 is 6.10 Å². The minimum Gasteiger partial charge on any atom is -0.495 e. The summed E-state index contributed by atoms with van der Waals surface area (Å²) < 4.78 is 6.93. The Labute approximate surface area is 112 Å². The van der Waals surface area contributed by atoms with E-state index in [1.54, 1.807) is 17.9 Å². The number of aliphatic hydroxyl groups excluding tert-OH is 1. The van der Waals surface area contributed by atoms with Gasteiger partial charge in [0.25, 0.3) is 0 Å². The monoisotopic (exact) mass is 261 g/mol. The lowest BCUT2D eigenvalue weighted by Gasteiger charge is -2.15. The number of methoxy groups -OCH3 is 1. The van der Waals surface area contributed by atoms with Gasteiger partial charge in [0.05, 0.1) is 24.6 Å². The molecule has 2 aromatic rings. The van der Waals surface area contributed by atoms with Crippen molar-refractivity contribution in [2.75, 3.05) is 12.8 Å². The van der Waals surface area contributed by atoms with Gasteiger partial charge in [-0.15, -0.1) is 0 Å². The predicted octanol–water partition coefficient (Wildman–Crippen LogP) is 1.60. The smallest absolute Gasteiger partial charge is 0.142 e. The molecule has 5 nitrogen and oxygen atoms in total. The third-order valence-electron chi connectivity index (χ3n) is 3.18. The second-order valence-corrected chi connectivity index (χ2v) is 4.58. The number of hydrogen-bond acceptors (Lipinski definition) is 4. The number of anilines is 1. The van der Waals surface area contributed by atoms with Gasteiger partial charge >= 0.3 is 0 Å². The van der Waals surface area contributed by atoms with Gasteiger partial charge < -0.3 is 15.6 Å². The maximum atomic E-state index is 10.3. The minimum atomic E-state index is -0.676. The SMILES string of the molecule is COc1cccc(C(O)Cc2cc(C)nn2C)c1N. The minimum absolute atomic E-state index is 0.467. The Morgan fingerprint density at radius 3 is 2.79 bits per heavy atom. The summed E-state index contributed by atoms with van der Waals surface area (Å²) >= 11 is 0. The second kappa shape index (κ2) is 5.32. The standard InChI is InChI=1S/C14H19N3O2/c1-9-7-10(17(2)16-9)8-12(18)11-5-4-6-13(19-3)14(11)15/h4-7,12,18H,8,15H2,1-3H3. The van der Waals surface area contributed by atoms with Crippen LogP contribution in [0.1, 0.15) is 23.1 Å². The molecule has 0 radical (unpaired) electrons. The summed E-state index contributed by atoms with van der Waals surface area (Å²) in [6.07, 6.45) is -0.209. The molecule has 0 aliphatic heterocycles. The van der Waals surface area contributed by atoms with Crippen molar-refractivity contribution < 1.29 is 9.84 Å². The van der Waals surface area contributed by atoms with Crippen molar-refractivity contribution >= 4 is 5.69 Å². The van der Waals surface area contributed by atoms with Crippen molar-refractivity contribution in [3.63, 3.8) is 0 Å². The average Bonchev–Trinajstić information content (AvgIpc) is 2.68. The Bertz CT molecular complexity index is 578. The molecule has 0 bridgehead atoms. The quantitative estimate of drug-likeness (QED) is 0.820. The molecule has 0 fully saturated rings. The zero-order valence-corrected chi connectivity index (χ0v) is 11.4. The van der Waals surface area contributed by atoms with Gasteiger partial charge in [-0.3, -0.25) is 4.68 Å². The maximum absolute atomic E-state index is 10.3. The van der Waals surface area contributed by atoms with Crippen LogP contribution < -0.4 is 10.5 Å². The summed E-state index contributed by atoms with van der Waals surface area (Å²) in [6.45, 7) is 1.93. The first-order valence-corrected chi connectivity index (χ1v) is 6.13. The third-order valence-corrected chi connectivity index (χ3v) is 3.18. The molecule has 1 aromatic carbocycles. The summed E-state index contributed by atoms with van der Waals surface area (Å²) in [5, 5.41) is 14.6. The van der Waals surface area contributed by atoms with Gasteiger partial charge in [0.2, 0.25) is 0 Å². The molecule has 0 aliphatic carbocycles. The summed E-state index contributed by atoms with van der Waals surface area (Å²) in [6, 6.07) is 7.37. The number of nitrogens with two attached hydrogens (primary N) is 1.